The van der Waals surface area contributed by atoms with E-state index in [0.29, 0.717) is 95.1 Å². The topological polar surface area (TPSA) is 400 Å². The van der Waals surface area contributed by atoms with Crippen LogP contribution in [0.25, 0.3) is 66.3 Å². The molecule has 12 aromatic rings. The molecule has 9 aromatic heterocycles. The first-order valence-electron chi connectivity index (χ1n) is 45.7. The highest BCUT2D eigenvalue weighted by atomic mass is 16.3. The number of H-pyrrole nitrogens is 3. The van der Waals surface area contributed by atoms with Crippen LogP contribution in [0.1, 0.15) is 232 Å². The Morgan fingerprint density at radius 1 is 0.431 bits per heavy atom. The first-order valence-corrected chi connectivity index (χ1v) is 45.7. The Bertz CT molecular complexity index is 5650. The van der Waals surface area contributed by atoms with E-state index in [1.807, 2.05) is 38.2 Å². The van der Waals surface area contributed by atoms with E-state index in [9.17, 15) is 30.6 Å². The summed E-state index contributed by atoms with van der Waals surface area (Å²) in [4.78, 5) is 62.7. The van der Waals surface area contributed by atoms with Crippen molar-refractivity contribution < 1.29 is 30.6 Å². The summed E-state index contributed by atoms with van der Waals surface area (Å²) in [7, 11) is 0. The molecule has 9 heterocycles. The van der Waals surface area contributed by atoms with E-state index in [0.717, 1.165) is 151 Å². The Hall–Kier alpha value is -9.10. The molecule has 0 bridgehead atoms. The van der Waals surface area contributed by atoms with Gasteiger partial charge in [-0.2, -0.15) is 0 Å². The molecule has 3 aromatic carbocycles. The van der Waals surface area contributed by atoms with Crippen LogP contribution in [0.5, 0.6) is 0 Å². The molecule has 7 aliphatic rings. The molecule has 19 rings (SSSR count). The predicted molar refractivity (Wildman–Crippen MR) is 483 cm³/mol. The number of aromatic nitrogens is 16. The monoisotopic (exact) mass is 1680 g/mol. The summed E-state index contributed by atoms with van der Waals surface area (Å²) < 4.78 is 5.79. The first kappa shape index (κ1) is 86.0. The zero-order chi connectivity index (χ0) is 86.4. The number of aliphatic hydroxyl groups is 6. The van der Waals surface area contributed by atoms with Gasteiger partial charge in [-0.25, -0.2) is 49.8 Å². The van der Waals surface area contributed by atoms with Gasteiger partial charge < -0.3 is 81.4 Å². The number of aromatic amines is 3. The molecule has 7 aliphatic carbocycles. The van der Waals surface area contributed by atoms with Crippen molar-refractivity contribution in [3.05, 3.63) is 139 Å². The molecule has 0 unspecified atom stereocenters. The molecule has 0 aliphatic heterocycles. The number of hydrogen-bond donors (Lipinski definition) is 12. The van der Waals surface area contributed by atoms with Gasteiger partial charge in [0.2, 0.25) is 0 Å². The number of imidazole rings is 4. The van der Waals surface area contributed by atoms with Crippen molar-refractivity contribution in [2.45, 2.75) is 300 Å². The molecule has 658 valence electrons. The summed E-state index contributed by atoms with van der Waals surface area (Å²) in [5, 5.41) is 67.9. The highest BCUT2D eigenvalue weighted by Crippen LogP contribution is 2.47. The Kier molecular flexibility index (Phi) is 24.3. The highest BCUT2D eigenvalue weighted by Gasteiger charge is 2.50. The highest BCUT2D eigenvalue weighted by molar-refractivity contribution is 5.87. The third kappa shape index (κ3) is 17.7. The van der Waals surface area contributed by atoms with E-state index in [1.54, 1.807) is 6.33 Å². The van der Waals surface area contributed by atoms with Gasteiger partial charge in [0.05, 0.1) is 86.6 Å². The molecule has 7 saturated carbocycles. The van der Waals surface area contributed by atoms with Crippen LogP contribution in [0, 0.1) is 35.5 Å². The molecule has 123 heavy (non-hydrogen) atoms. The average molecular weight is 1680 g/mol. The Morgan fingerprint density at radius 2 is 0.821 bits per heavy atom. The van der Waals surface area contributed by atoms with Crippen molar-refractivity contribution in [1.82, 2.24) is 93.2 Å². The average Bonchev–Trinajstić information content (AvgIpc) is 1.75. The number of nitrogens with one attached hydrogen (secondary N) is 3. The van der Waals surface area contributed by atoms with Gasteiger partial charge in [0.15, 0.2) is 11.5 Å². The number of nitrogens with two attached hydrogens (primary N) is 3. The van der Waals surface area contributed by atoms with Gasteiger partial charge in [0.25, 0.3) is 0 Å². The van der Waals surface area contributed by atoms with Crippen LogP contribution in [-0.4, -0.2) is 217 Å². The number of anilines is 3. The van der Waals surface area contributed by atoms with E-state index < -0.39 is 36.6 Å². The second-order valence-electron chi connectivity index (χ2n) is 40.9. The van der Waals surface area contributed by atoms with Crippen LogP contribution < -0.4 is 17.2 Å². The zero-order valence-corrected chi connectivity index (χ0v) is 74.0. The van der Waals surface area contributed by atoms with Crippen LogP contribution in [0.4, 0.5) is 17.5 Å². The van der Waals surface area contributed by atoms with Gasteiger partial charge in [-0.3, -0.25) is 9.80 Å². The largest absolute Gasteiger partial charge is 0.390 e. The molecule has 12 atom stereocenters. The van der Waals surface area contributed by atoms with Gasteiger partial charge in [0.1, 0.15) is 83.2 Å². The number of aliphatic hydroxyl groups excluding tert-OH is 6. The quantitative estimate of drug-likeness (QED) is 0.0267. The Labute approximate surface area is 721 Å². The van der Waals surface area contributed by atoms with Crippen LogP contribution in [0.15, 0.2) is 104 Å². The number of benzene rings is 3. The number of nitrogens with zero attached hydrogens (tertiary/aromatic N) is 16. The van der Waals surface area contributed by atoms with Crippen LogP contribution in [0.3, 0.4) is 0 Å². The normalized spacial score (nSPS) is 27.6. The lowest BCUT2D eigenvalue weighted by molar-refractivity contribution is -0.0338. The minimum atomic E-state index is -0.889. The van der Waals surface area contributed by atoms with Crippen molar-refractivity contribution in [3.63, 3.8) is 0 Å². The molecular weight excluding hydrogens is 1550 g/mol. The van der Waals surface area contributed by atoms with Crippen molar-refractivity contribution in [1.29, 1.82) is 0 Å². The van der Waals surface area contributed by atoms with E-state index >= 15 is 0 Å². The van der Waals surface area contributed by atoms with Gasteiger partial charge in [-0.1, -0.05) is 93.9 Å². The minimum Gasteiger partial charge on any atom is -0.390 e. The van der Waals surface area contributed by atoms with E-state index in [4.69, 9.17) is 32.2 Å². The molecule has 15 N–H and O–H groups in total. The van der Waals surface area contributed by atoms with E-state index in [1.165, 1.54) is 80.6 Å². The second kappa shape index (κ2) is 34.7. The lowest BCUT2D eigenvalue weighted by Crippen LogP contribution is -2.54. The minimum absolute atomic E-state index is 0.00386. The van der Waals surface area contributed by atoms with Crippen LogP contribution in [0.2, 0.25) is 0 Å². The van der Waals surface area contributed by atoms with Crippen LogP contribution >= 0.6 is 0 Å². The predicted octanol–water partition coefficient (Wildman–Crippen LogP) is 12.9. The number of nitrogen functional groups attached to an aromatic ring is 3. The smallest absolute Gasteiger partial charge is 0.165 e. The summed E-state index contributed by atoms with van der Waals surface area (Å²) in [5.74, 6) is 6.50. The van der Waals surface area contributed by atoms with Gasteiger partial charge in [-0.15, -0.1) is 0 Å². The number of fused-ring (bicyclic) bond motifs is 6. The van der Waals surface area contributed by atoms with Crippen molar-refractivity contribution in [2.75, 3.05) is 43.4 Å². The molecule has 28 heteroatoms. The number of rotatable bonds is 24. The standard InChI is InChI=1S/C33H45N7O2.C31H44N8O2.C31H43N7O2/c1-33(2,3)21-8-9-25-26(16-21)38-28(37-25)10-7-19-13-23(14-19)40(22-5-4-6-22)17-20-15-27(30(42)29(20)41)39-12-11-24-31(34)35-18-36-32(24)39;1-17(2)38(14-19-12-24(28(41)27(19)40)39-16-35-26-29(32)33-15-34-30(26)39)21-10-18(11-21)6-9-25-36-22-8-7-20(31(3,4)5)13-23(22)37-25;1-5-37(16-19-14-25(28(40)27(19)39)38-11-10-22-29(32)33-17-34-30(22)38)21-12-18(13-21)6-9-26-35-23-8-7-20(31(2,3)4)15-24(23)36-26/h8-9,11-12,16,18-20,22-23,27,29-30,41-42H,4-7,10,13-15,17H2,1-3H3,(H,37,38)(H2,34,35,36);7-8,13,15-19,21,24,27-28,40-41H,6,9-12,14H2,1-5H3,(H,36,37)(H2,32,33,34);7-8,10-11,15,17-19,21,25,27-28,39-40H,5-6,9,12-14,16H2,1-4H3,(H,35,36)(H2,32,33,34)/t19?,20-,23?,27-,29-,30+;18?,19-,21?,24-,27-,28+;18?,19-,21?,25-,27-,28+/m111/s1. The second-order valence-corrected chi connectivity index (χ2v) is 40.9. The SMILES string of the molecule is CC(C)(C)c1ccc2nc(CCC3CC(N(C[C@H]4C[C@@H](n5ccc6c(N)ncnc65)[C@H](O)[C@@H]4O)C4CCC4)C3)[nH]c2c1.CC(C)N(C[C@H]1C[C@@H](n2cnc3c(N)ncnc32)[C@H](O)[C@@H]1O)C1CC(CCc2nc3ccc(C(C)(C)C)cc3[nH]2)C1.CCN(C[C@H]1C[C@@H](n2ccc3c(N)ncnc32)[C@H](O)[C@@H]1O)C1CC(CCc2nc3ccc(C(C)(C)C)cc3[nH]2)C1. The maximum absolute atomic E-state index is 11.2. The fourth-order valence-electron chi connectivity index (χ4n) is 21.4. The molecule has 0 amide bonds. The lowest BCUT2D eigenvalue weighted by Gasteiger charge is -2.50. The molecule has 0 radical (unpaired) electrons. The summed E-state index contributed by atoms with van der Waals surface area (Å²) in [6.45, 7) is 30.1. The van der Waals surface area contributed by atoms with Crippen LogP contribution in [-0.2, 0) is 35.5 Å². The van der Waals surface area contributed by atoms with Gasteiger partial charge >= 0.3 is 0 Å². The summed E-state index contributed by atoms with van der Waals surface area (Å²) in [5.41, 5.74) is 31.4. The number of aryl methyl sites for hydroxylation is 3. The third-order valence-electron chi connectivity index (χ3n) is 29.5. The maximum Gasteiger partial charge on any atom is 0.165 e. The fraction of sp³-hybridized carbons (Fsp3) is 0.600. The summed E-state index contributed by atoms with van der Waals surface area (Å²) in [6.07, 6.45) is 24.2. The van der Waals surface area contributed by atoms with E-state index in [-0.39, 0.29) is 52.1 Å². The Morgan fingerprint density at radius 3 is 1.23 bits per heavy atom. The first-order chi connectivity index (χ1) is 58.8. The summed E-state index contributed by atoms with van der Waals surface area (Å²) >= 11 is 0. The molecule has 28 nitrogen and oxygen atoms in total. The summed E-state index contributed by atoms with van der Waals surface area (Å²) in [6, 6.07) is 25.3. The van der Waals surface area contributed by atoms with Crippen molar-refractivity contribution >= 4 is 83.8 Å². The third-order valence-corrected chi connectivity index (χ3v) is 29.5. The molecule has 0 saturated heterocycles. The molecular formula is C95H132N22O6. The van der Waals surface area contributed by atoms with E-state index in [2.05, 4.69) is 202 Å². The lowest BCUT2D eigenvalue weighted by atomic mass is 9.74. The van der Waals surface area contributed by atoms with Gasteiger partial charge in [0, 0.05) is 99.3 Å². The molecule has 7 fully saturated rings. The Balaban J connectivity index is 0.000000131. The van der Waals surface area contributed by atoms with Crippen molar-refractivity contribution in [2.24, 2.45) is 35.5 Å². The maximum atomic E-state index is 11.2. The van der Waals surface area contributed by atoms with Crippen molar-refractivity contribution in [3.8, 4) is 0 Å². The molecule has 0 spiro atoms. The zero-order valence-electron chi connectivity index (χ0n) is 74.0. The number of hydrogen-bond acceptors (Lipinski definition) is 22. The fourth-order valence-corrected chi connectivity index (χ4v) is 21.4. The van der Waals surface area contributed by atoms with Gasteiger partial charge in [-0.05, 0) is 210 Å².